The Morgan fingerprint density at radius 2 is 2.07 bits per heavy atom. The summed E-state index contributed by atoms with van der Waals surface area (Å²) < 4.78 is 14.6. The van der Waals surface area contributed by atoms with Crippen LogP contribution in [0.15, 0.2) is 29.3 Å². The zero-order chi connectivity index (χ0) is 20.9. The van der Waals surface area contributed by atoms with Crippen molar-refractivity contribution in [1.29, 1.82) is 5.26 Å². The van der Waals surface area contributed by atoms with E-state index in [2.05, 4.69) is 26.2 Å². The molecule has 0 bridgehead atoms. The molecule has 0 amide bonds. The van der Waals surface area contributed by atoms with E-state index in [1.54, 1.807) is 23.0 Å². The molecule has 3 heterocycles. The van der Waals surface area contributed by atoms with Crippen molar-refractivity contribution in [2.75, 3.05) is 0 Å². The van der Waals surface area contributed by atoms with Gasteiger partial charge in [-0.05, 0) is 12.1 Å². The Kier molecular flexibility index (Phi) is 4.35. The molecule has 0 unspecified atom stereocenters. The van der Waals surface area contributed by atoms with Crippen molar-refractivity contribution in [3.8, 4) is 11.8 Å². The molecule has 0 aliphatic heterocycles. The van der Waals surface area contributed by atoms with Gasteiger partial charge in [0.15, 0.2) is 0 Å². The van der Waals surface area contributed by atoms with Gasteiger partial charge in [0.1, 0.15) is 23.9 Å². The summed E-state index contributed by atoms with van der Waals surface area (Å²) in [6, 6.07) is 5.28. The molecular formula is C17H16N7O4P. The van der Waals surface area contributed by atoms with Gasteiger partial charge in [0.2, 0.25) is 5.65 Å². The van der Waals surface area contributed by atoms with Crippen molar-refractivity contribution in [3.05, 3.63) is 52.1 Å². The molecule has 0 spiro atoms. The number of fused-ring (bicyclic) bond motifs is 3. The van der Waals surface area contributed by atoms with Crippen molar-refractivity contribution < 1.29 is 14.4 Å². The normalized spacial score (nSPS) is 12.1. The lowest BCUT2D eigenvalue weighted by atomic mass is 10.1. The van der Waals surface area contributed by atoms with Crippen LogP contribution in [-0.4, -0.2) is 38.9 Å². The summed E-state index contributed by atoms with van der Waals surface area (Å²) in [6.07, 6.45) is 2.68. The first kappa shape index (κ1) is 19.0. The van der Waals surface area contributed by atoms with Gasteiger partial charge in [-0.2, -0.15) is 5.26 Å². The third kappa shape index (κ3) is 3.23. The third-order valence-electron chi connectivity index (χ3n) is 4.45. The number of hydrogen-bond donors (Lipinski definition) is 3. The quantitative estimate of drug-likeness (QED) is 0.423. The maximum atomic E-state index is 12.4. The Bertz CT molecular complexity index is 1400. The van der Waals surface area contributed by atoms with Gasteiger partial charge < -0.3 is 19.3 Å². The van der Waals surface area contributed by atoms with Gasteiger partial charge in [0.25, 0.3) is 5.56 Å². The SMILES string of the molecule is CC(C)c1nccn1-c1cc2c(cc1C#N)[nH]c(=O)c1nnc(CP(=O)(O)O)n12. The smallest absolute Gasteiger partial charge is 0.324 e. The number of rotatable bonds is 4. The van der Waals surface area contributed by atoms with Gasteiger partial charge in [-0.25, -0.2) is 4.98 Å². The summed E-state index contributed by atoms with van der Waals surface area (Å²) in [5.41, 5.74) is 0.879. The van der Waals surface area contributed by atoms with Gasteiger partial charge in [-0.1, -0.05) is 13.8 Å². The molecule has 0 aliphatic carbocycles. The van der Waals surface area contributed by atoms with Crippen LogP contribution in [0.2, 0.25) is 0 Å². The van der Waals surface area contributed by atoms with E-state index in [0.717, 1.165) is 5.82 Å². The Balaban J connectivity index is 2.11. The van der Waals surface area contributed by atoms with Crippen LogP contribution in [0.1, 0.15) is 37.0 Å². The van der Waals surface area contributed by atoms with Gasteiger partial charge in [-0.3, -0.25) is 13.8 Å². The van der Waals surface area contributed by atoms with Crippen molar-refractivity contribution in [2.45, 2.75) is 25.9 Å². The lowest BCUT2D eigenvalue weighted by Crippen LogP contribution is -2.13. The second kappa shape index (κ2) is 6.63. The molecule has 0 aliphatic rings. The number of imidazole rings is 1. The summed E-state index contributed by atoms with van der Waals surface area (Å²) >= 11 is 0. The summed E-state index contributed by atoms with van der Waals surface area (Å²) in [5.74, 6) is 0.776. The third-order valence-corrected chi connectivity index (χ3v) is 5.14. The number of nitriles is 1. The van der Waals surface area contributed by atoms with E-state index in [1.165, 1.54) is 10.5 Å². The van der Waals surface area contributed by atoms with E-state index >= 15 is 0 Å². The van der Waals surface area contributed by atoms with Crippen molar-refractivity contribution in [3.63, 3.8) is 0 Å². The molecule has 3 aromatic heterocycles. The summed E-state index contributed by atoms with van der Waals surface area (Å²) in [5, 5.41) is 17.2. The molecule has 3 N–H and O–H groups in total. The number of aromatic amines is 1. The molecule has 1 aromatic carbocycles. The molecule has 11 nitrogen and oxygen atoms in total. The van der Waals surface area contributed by atoms with Crippen molar-refractivity contribution in [1.82, 2.24) is 29.1 Å². The monoisotopic (exact) mass is 413 g/mol. The number of H-pyrrole nitrogens is 1. The average Bonchev–Trinajstić information content (AvgIpc) is 3.27. The van der Waals surface area contributed by atoms with Crippen LogP contribution in [0.3, 0.4) is 0 Å². The molecule has 4 aromatic rings. The molecule has 29 heavy (non-hydrogen) atoms. The fourth-order valence-corrected chi connectivity index (χ4v) is 3.85. The lowest BCUT2D eigenvalue weighted by molar-refractivity contribution is 0.370. The molecule has 0 saturated carbocycles. The molecule has 0 saturated heterocycles. The maximum absolute atomic E-state index is 12.4. The molecular weight excluding hydrogens is 397 g/mol. The molecule has 4 rings (SSSR count). The Morgan fingerprint density at radius 3 is 2.72 bits per heavy atom. The van der Waals surface area contributed by atoms with Crippen LogP contribution in [-0.2, 0) is 10.7 Å². The van der Waals surface area contributed by atoms with E-state index in [9.17, 15) is 24.4 Å². The topological polar surface area (TPSA) is 162 Å². The predicted molar refractivity (Wildman–Crippen MR) is 103 cm³/mol. The highest BCUT2D eigenvalue weighted by Gasteiger charge is 2.22. The highest BCUT2D eigenvalue weighted by molar-refractivity contribution is 7.50. The first-order valence-electron chi connectivity index (χ1n) is 8.62. The molecule has 0 atom stereocenters. The van der Waals surface area contributed by atoms with Crippen molar-refractivity contribution in [2.24, 2.45) is 0 Å². The van der Waals surface area contributed by atoms with E-state index in [1.807, 2.05) is 13.8 Å². The van der Waals surface area contributed by atoms with Gasteiger partial charge in [0, 0.05) is 18.3 Å². The highest BCUT2D eigenvalue weighted by Crippen LogP contribution is 2.38. The largest absolute Gasteiger partial charge is 0.333 e. The Hall–Kier alpha value is -3.32. The lowest BCUT2D eigenvalue weighted by Gasteiger charge is -2.14. The van der Waals surface area contributed by atoms with Crippen LogP contribution in [0, 0.1) is 11.3 Å². The molecule has 0 fully saturated rings. The Morgan fingerprint density at radius 1 is 1.31 bits per heavy atom. The molecule has 0 radical (unpaired) electrons. The van der Waals surface area contributed by atoms with Crippen molar-refractivity contribution >= 4 is 24.3 Å². The van der Waals surface area contributed by atoms with Gasteiger partial charge >= 0.3 is 7.60 Å². The second-order valence-corrected chi connectivity index (χ2v) is 8.51. The number of aromatic nitrogens is 6. The first-order chi connectivity index (χ1) is 13.7. The zero-order valence-corrected chi connectivity index (χ0v) is 16.3. The molecule has 12 heteroatoms. The molecule has 148 valence electrons. The van der Waals surface area contributed by atoms with Crippen LogP contribution in [0.5, 0.6) is 0 Å². The van der Waals surface area contributed by atoms with Gasteiger partial charge in [0.05, 0.1) is 22.3 Å². The number of hydrogen-bond acceptors (Lipinski definition) is 6. The summed E-state index contributed by atoms with van der Waals surface area (Å²) in [4.78, 5) is 38.1. The predicted octanol–water partition coefficient (Wildman–Crippen LogP) is 1.43. The number of nitrogens with zero attached hydrogens (tertiary/aromatic N) is 6. The number of benzene rings is 1. The van der Waals surface area contributed by atoms with Gasteiger partial charge in [-0.15, -0.1) is 10.2 Å². The minimum absolute atomic E-state index is 0.0465. The zero-order valence-electron chi connectivity index (χ0n) is 15.4. The standard InChI is InChI=1S/C17H16N7O4P/c1-9(2)15-19-3-4-23(15)12-6-13-11(5-10(12)7-18)20-17(25)16-22-21-14(24(13)16)8-29(26,27)28/h3-6,9H,8H2,1-2H3,(H,20,25)(H2,26,27,28). The number of nitrogens with one attached hydrogen (secondary N) is 1. The van der Waals surface area contributed by atoms with E-state index in [-0.39, 0.29) is 17.4 Å². The average molecular weight is 413 g/mol. The minimum atomic E-state index is -4.45. The minimum Gasteiger partial charge on any atom is -0.324 e. The first-order valence-corrected chi connectivity index (χ1v) is 10.4. The van der Waals surface area contributed by atoms with E-state index < -0.39 is 19.3 Å². The second-order valence-electron chi connectivity index (χ2n) is 6.86. The van der Waals surface area contributed by atoms with E-state index in [0.29, 0.717) is 22.3 Å². The maximum Gasteiger partial charge on any atom is 0.333 e. The van der Waals surface area contributed by atoms with Crippen LogP contribution < -0.4 is 5.56 Å². The fourth-order valence-electron chi connectivity index (χ4n) is 3.28. The van der Waals surface area contributed by atoms with E-state index in [4.69, 9.17) is 0 Å². The Labute approximate surface area is 163 Å². The summed E-state index contributed by atoms with van der Waals surface area (Å²) in [7, 11) is -4.45. The van der Waals surface area contributed by atoms with Crippen LogP contribution >= 0.6 is 7.60 Å². The fraction of sp³-hybridized carbons (Fsp3) is 0.235. The highest BCUT2D eigenvalue weighted by atomic mass is 31.2. The van der Waals surface area contributed by atoms with Crippen LogP contribution in [0.4, 0.5) is 0 Å². The van der Waals surface area contributed by atoms with Crippen LogP contribution in [0.25, 0.3) is 22.4 Å². The summed E-state index contributed by atoms with van der Waals surface area (Å²) in [6.45, 7) is 3.94.